The van der Waals surface area contributed by atoms with Gasteiger partial charge in [0.2, 0.25) is 11.8 Å². The van der Waals surface area contributed by atoms with E-state index in [1.54, 1.807) is 47.6 Å². The van der Waals surface area contributed by atoms with Crippen LogP contribution >= 0.6 is 0 Å². The van der Waals surface area contributed by atoms with E-state index < -0.39 is 23.9 Å². The van der Waals surface area contributed by atoms with Crippen molar-refractivity contribution in [1.29, 1.82) is 0 Å². The molecule has 2 amide bonds. The average Bonchev–Trinajstić information content (AvgIpc) is 3.31. The minimum absolute atomic E-state index is 0.197. The van der Waals surface area contributed by atoms with E-state index in [2.05, 4.69) is 5.10 Å². The normalized spacial score (nSPS) is 26.0. The van der Waals surface area contributed by atoms with Crippen molar-refractivity contribution in [1.82, 2.24) is 5.01 Å². The maximum atomic E-state index is 13.7. The molecule has 32 heavy (non-hydrogen) atoms. The monoisotopic (exact) mass is 421 g/mol. The van der Waals surface area contributed by atoms with Crippen molar-refractivity contribution in [3.8, 4) is 0 Å². The lowest BCUT2D eigenvalue weighted by Gasteiger charge is -2.30. The minimum atomic E-state index is -0.824. The summed E-state index contributed by atoms with van der Waals surface area (Å²) in [5.41, 5.74) is 1.04. The van der Waals surface area contributed by atoms with Gasteiger partial charge < -0.3 is 0 Å². The molecule has 0 spiro atoms. The molecule has 3 aliphatic heterocycles. The molecular weight excluding hydrogens is 402 g/mol. The van der Waals surface area contributed by atoms with E-state index >= 15 is 0 Å². The van der Waals surface area contributed by atoms with Crippen LogP contribution in [0.4, 0.5) is 5.69 Å². The van der Waals surface area contributed by atoms with Crippen LogP contribution in [-0.4, -0.2) is 40.9 Å². The topological polar surface area (TPSA) is 70.0 Å². The summed E-state index contributed by atoms with van der Waals surface area (Å²) >= 11 is 0. The molecule has 0 aromatic heterocycles. The van der Waals surface area contributed by atoms with Crippen LogP contribution in [-0.2, 0) is 9.59 Å². The van der Waals surface area contributed by atoms with E-state index in [1.165, 1.54) is 4.90 Å². The molecular formula is C26H19N3O3. The average molecular weight is 421 g/mol. The first-order chi connectivity index (χ1) is 15.6. The number of Topliss-reactive ketones (excluding diaryl/α,β-unsaturated/α-hetero) is 1. The smallest absolute Gasteiger partial charge is 0.240 e. The lowest BCUT2D eigenvalue weighted by atomic mass is 9.86. The molecule has 156 valence electrons. The van der Waals surface area contributed by atoms with Crippen LogP contribution in [0.15, 0.2) is 90.0 Å². The van der Waals surface area contributed by atoms with E-state index in [1.807, 2.05) is 48.5 Å². The number of benzene rings is 3. The number of hydrazone groups is 1. The number of carbonyl (C=O) groups is 3. The van der Waals surface area contributed by atoms with Crippen molar-refractivity contribution >= 4 is 40.3 Å². The first-order valence-electron chi connectivity index (χ1n) is 10.6. The first kappa shape index (κ1) is 18.7. The Morgan fingerprint density at radius 3 is 2.34 bits per heavy atom. The van der Waals surface area contributed by atoms with E-state index in [4.69, 9.17) is 0 Å². The number of rotatable bonds is 3. The van der Waals surface area contributed by atoms with Crippen LogP contribution in [0.5, 0.6) is 0 Å². The Morgan fingerprint density at radius 2 is 1.53 bits per heavy atom. The third kappa shape index (κ3) is 2.59. The van der Waals surface area contributed by atoms with E-state index in [9.17, 15) is 14.4 Å². The number of fused-ring (bicyclic) bond motifs is 4. The Kier molecular flexibility index (Phi) is 4.08. The molecule has 0 bridgehead atoms. The number of carbonyl (C=O) groups excluding carboxylic acids is 3. The molecule has 0 saturated carbocycles. The molecule has 2 saturated heterocycles. The Labute approximate surface area is 184 Å². The number of anilines is 1. The summed E-state index contributed by atoms with van der Waals surface area (Å²) in [6, 6.07) is 21.0. The number of hydrogen-bond donors (Lipinski definition) is 0. The fourth-order valence-electron chi connectivity index (χ4n) is 5.18. The van der Waals surface area contributed by atoms with Crippen LogP contribution in [0, 0.1) is 11.8 Å². The van der Waals surface area contributed by atoms with Crippen LogP contribution in [0.1, 0.15) is 10.4 Å². The SMILES string of the molecule is O=C(c1ccccc1)C1C2C(=O)N(c3ccc4ccccc4c3)C(=O)C2C2C=CC=NN21. The van der Waals surface area contributed by atoms with Gasteiger partial charge in [0.15, 0.2) is 5.78 Å². The number of imide groups is 1. The summed E-state index contributed by atoms with van der Waals surface area (Å²) in [5, 5.41) is 8.00. The Balaban J connectivity index is 1.44. The van der Waals surface area contributed by atoms with Crippen molar-refractivity contribution in [2.75, 3.05) is 4.90 Å². The molecule has 0 N–H and O–H groups in total. The van der Waals surface area contributed by atoms with Gasteiger partial charge in [0.25, 0.3) is 0 Å². The predicted molar refractivity (Wildman–Crippen MR) is 121 cm³/mol. The molecule has 3 heterocycles. The fraction of sp³-hybridized carbons (Fsp3) is 0.154. The van der Waals surface area contributed by atoms with Crippen LogP contribution in [0.3, 0.4) is 0 Å². The summed E-state index contributed by atoms with van der Waals surface area (Å²) in [5.74, 6) is -2.26. The van der Waals surface area contributed by atoms with Gasteiger partial charge in [-0.15, -0.1) is 0 Å². The minimum Gasteiger partial charge on any atom is -0.292 e. The van der Waals surface area contributed by atoms with Crippen molar-refractivity contribution in [2.24, 2.45) is 16.9 Å². The molecule has 6 rings (SSSR count). The van der Waals surface area contributed by atoms with Crippen molar-refractivity contribution in [3.63, 3.8) is 0 Å². The first-order valence-corrected chi connectivity index (χ1v) is 10.6. The molecule has 3 aliphatic rings. The van der Waals surface area contributed by atoms with Gasteiger partial charge in [-0.1, -0.05) is 66.7 Å². The molecule has 3 aromatic carbocycles. The van der Waals surface area contributed by atoms with Gasteiger partial charge in [-0.3, -0.25) is 19.4 Å². The second kappa shape index (κ2) is 6.99. The van der Waals surface area contributed by atoms with E-state index in [0.29, 0.717) is 11.3 Å². The van der Waals surface area contributed by atoms with Gasteiger partial charge in [0, 0.05) is 11.8 Å². The highest BCUT2D eigenvalue weighted by molar-refractivity contribution is 6.25. The fourth-order valence-corrected chi connectivity index (χ4v) is 5.18. The zero-order valence-corrected chi connectivity index (χ0v) is 17.0. The summed E-state index contributed by atoms with van der Waals surface area (Å²) in [4.78, 5) is 42.0. The van der Waals surface area contributed by atoms with Gasteiger partial charge >= 0.3 is 0 Å². The Bertz CT molecular complexity index is 1330. The van der Waals surface area contributed by atoms with Crippen molar-refractivity contribution in [3.05, 3.63) is 90.5 Å². The number of allylic oxidation sites excluding steroid dienone is 1. The summed E-state index contributed by atoms with van der Waals surface area (Å²) < 4.78 is 0. The molecule has 4 unspecified atom stereocenters. The summed E-state index contributed by atoms with van der Waals surface area (Å²) in [6.45, 7) is 0. The second-order valence-corrected chi connectivity index (χ2v) is 8.29. The van der Waals surface area contributed by atoms with Crippen LogP contribution in [0.25, 0.3) is 10.8 Å². The van der Waals surface area contributed by atoms with Crippen molar-refractivity contribution in [2.45, 2.75) is 12.1 Å². The molecule has 6 nitrogen and oxygen atoms in total. The summed E-state index contributed by atoms with van der Waals surface area (Å²) in [7, 11) is 0. The van der Waals surface area contributed by atoms with Gasteiger partial charge in [-0.25, -0.2) is 4.90 Å². The Morgan fingerprint density at radius 1 is 0.812 bits per heavy atom. The highest BCUT2D eigenvalue weighted by Crippen LogP contribution is 2.46. The summed E-state index contributed by atoms with van der Waals surface area (Å²) in [6.07, 6.45) is 5.22. The molecule has 3 aromatic rings. The second-order valence-electron chi connectivity index (χ2n) is 8.29. The van der Waals surface area contributed by atoms with Gasteiger partial charge in [0.05, 0.1) is 23.6 Å². The lowest BCUT2D eigenvalue weighted by molar-refractivity contribution is -0.123. The maximum Gasteiger partial charge on any atom is 0.240 e. The molecule has 2 fully saturated rings. The van der Waals surface area contributed by atoms with Gasteiger partial charge in [-0.2, -0.15) is 5.10 Å². The van der Waals surface area contributed by atoms with Gasteiger partial charge in [-0.05, 0) is 29.0 Å². The molecule has 4 atom stereocenters. The zero-order chi connectivity index (χ0) is 21.8. The van der Waals surface area contributed by atoms with Crippen LogP contribution < -0.4 is 4.90 Å². The molecule has 6 heteroatoms. The maximum absolute atomic E-state index is 13.7. The third-order valence-electron chi connectivity index (χ3n) is 6.61. The number of ketones is 1. The third-order valence-corrected chi connectivity index (χ3v) is 6.61. The highest BCUT2D eigenvalue weighted by atomic mass is 16.2. The van der Waals surface area contributed by atoms with E-state index in [-0.39, 0.29) is 17.6 Å². The largest absolute Gasteiger partial charge is 0.292 e. The number of hydrogen-bond acceptors (Lipinski definition) is 5. The highest BCUT2D eigenvalue weighted by Gasteiger charge is 2.64. The van der Waals surface area contributed by atoms with Crippen LogP contribution in [0.2, 0.25) is 0 Å². The quantitative estimate of drug-likeness (QED) is 0.480. The number of amides is 2. The van der Waals surface area contributed by atoms with Gasteiger partial charge in [0.1, 0.15) is 6.04 Å². The molecule has 0 aliphatic carbocycles. The zero-order valence-electron chi connectivity index (χ0n) is 17.0. The van der Waals surface area contributed by atoms with E-state index in [0.717, 1.165) is 10.8 Å². The number of nitrogens with zero attached hydrogens (tertiary/aromatic N) is 3. The van der Waals surface area contributed by atoms with Crippen molar-refractivity contribution < 1.29 is 14.4 Å². The molecule has 0 radical (unpaired) electrons. The lowest BCUT2D eigenvalue weighted by Crippen LogP contribution is -2.46. The predicted octanol–water partition coefficient (Wildman–Crippen LogP) is 3.44. The Hall–Kier alpha value is -4.06. The standard InChI is InChI=1S/C26H19N3O3/c30-24(17-8-2-1-3-9-17)23-22-21(20-11-6-14-27-29(20)23)25(31)28(26(22)32)19-13-12-16-7-4-5-10-18(16)15-19/h1-15,20-23H.